The summed E-state index contributed by atoms with van der Waals surface area (Å²) in [6.07, 6.45) is 3.25. The average Bonchev–Trinajstić information content (AvgIpc) is 3.61. The fourth-order valence-electron chi connectivity index (χ4n) is 6.65. The van der Waals surface area contributed by atoms with Gasteiger partial charge in [-0.3, -0.25) is 14.4 Å². The van der Waals surface area contributed by atoms with Gasteiger partial charge in [-0.05, 0) is 89.1 Å². The summed E-state index contributed by atoms with van der Waals surface area (Å²) in [7, 11) is 0. The number of likely N-dealkylation sites (tertiary alicyclic amines) is 1. The molecule has 12 heteroatoms. The van der Waals surface area contributed by atoms with Gasteiger partial charge in [-0.25, -0.2) is 4.68 Å². The minimum atomic E-state index is -0.835. The molecule has 2 aromatic carbocycles. The Morgan fingerprint density at radius 1 is 1.05 bits per heavy atom. The highest BCUT2D eigenvalue weighted by Crippen LogP contribution is 2.49. The van der Waals surface area contributed by atoms with Crippen molar-refractivity contribution in [2.45, 2.75) is 56.1 Å². The van der Waals surface area contributed by atoms with E-state index < -0.39 is 23.3 Å². The quantitative estimate of drug-likeness (QED) is 0.410. The molecule has 1 saturated heterocycles. The highest BCUT2D eigenvalue weighted by atomic mass is 16.2. The molecule has 1 aromatic heterocycles. The van der Waals surface area contributed by atoms with Gasteiger partial charge in [0.1, 0.15) is 6.04 Å². The smallest absolute Gasteiger partial charge is 0.248 e. The van der Waals surface area contributed by atoms with Crippen LogP contribution in [0.25, 0.3) is 0 Å². The Hall–Kier alpha value is -4.63. The Morgan fingerprint density at radius 2 is 1.70 bits per heavy atom. The summed E-state index contributed by atoms with van der Waals surface area (Å²) in [6, 6.07) is 12.6. The van der Waals surface area contributed by atoms with E-state index in [0.29, 0.717) is 55.7 Å². The number of aromatic nitrogens is 4. The van der Waals surface area contributed by atoms with Crippen molar-refractivity contribution in [3.8, 4) is 6.07 Å². The maximum atomic E-state index is 13.1. The van der Waals surface area contributed by atoms with Gasteiger partial charge in [0.2, 0.25) is 17.7 Å². The van der Waals surface area contributed by atoms with Crippen molar-refractivity contribution in [3.63, 3.8) is 0 Å². The van der Waals surface area contributed by atoms with E-state index in [1.54, 1.807) is 21.7 Å². The fourth-order valence-corrected chi connectivity index (χ4v) is 6.65. The molecule has 6 rings (SSSR count). The van der Waals surface area contributed by atoms with Crippen LogP contribution in [-0.4, -0.2) is 68.0 Å². The van der Waals surface area contributed by atoms with Crippen molar-refractivity contribution < 1.29 is 14.4 Å². The Morgan fingerprint density at radius 3 is 2.30 bits per heavy atom. The lowest BCUT2D eigenvalue weighted by atomic mass is 9.66. The molecular formula is C28H29N9O3. The zero-order chi connectivity index (χ0) is 28.0. The third-order valence-corrected chi connectivity index (χ3v) is 8.49. The molecular weight excluding hydrogens is 510 g/mol. The van der Waals surface area contributed by atoms with E-state index in [1.165, 1.54) is 0 Å². The van der Waals surface area contributed by atoms with E-state index in [2.05, 4.69) is 26.9 Å². The van der Waals surface area contributed by atoms with Gasteiger partial charge in [-0.15, -0.1) is 5.10 Å². The molecule has 3 aromatic rings. The minimum Gasteiger partial charge on any atom is -0.366 e. The van der Waals surface area contributed by atoms with Crippen molar-refractivity contribution in [2.24, 2.45) is 11.5 Å². The molecule has 0 saturated carbocycles. The first kappa shape index (κ1) is 25.6. The Bertz CT molecular complexity index is 1510. The molecule has 12 nitrogen and oxygen atoms in total. The predicted octanol–water partition coefficient (Wildman–Crippen LogP) is 0.180. The molecule has 204 valence electrons. The van der Waals surface area contributed by atoms with Crippen LogP contribution in [0.1, 0.15) is 68.1 Å². The monoisotopic (exact) mass is 539 g/mol. The molecule has 3 amide bonds. The summed E-state index contributed by atoms with van der Waals surface area (Å²) in [4.78, 5) is 38.8. The first-order valence-corrected chi connectivity index (χ1v) is 13.4. The Kier molecular flexibility index (Phi) is 6.31. The Labute approximate surface area is 230 Å². The number of hydrogen-bond acceptors (Lipinski definition) is 8. The summed E-state index contributed by atoms with van der Waals surface area (Å²) in [6.45, 7) is 1.11. The maximum Gasteiger partial charge on any atom is 0.248 e. The molecule has 2 atom stereocenters. The van der Waals surface area contributed by atoms with E-state index in [1.807, 2.05) is 24.3 Å². The predicted molar refractivity (Wildman–Crippen MR) is 142 cm³/mol. The number of nitriles is 1. The first-order valence-electron chi connectivity index (χ1n) is 13.4. The molecule has 1 spiro atoms. The lowest BCUT2D eigenvalue weighted by Crippen LogP contribution is -2.51. The van der Waals surface area contributed by atoms with Gasteiger partial charge in [0.05, 0.1) is 24.6 Å². The van der Waals surface area contributed by atoms with Crippen LogP contribution in [0.3, 0.4) is 0 Å². The number of aryl methyl sites for hydroxylation is 2. The summed E-state index contributed by atoms with van der Waals surface area (Å²) >= 11 is 0. The van der Waals surface area contributed by atoms with E-state index in [0.717, 1.165) is 28.7 Å². The third-order valence-electron chi connectivity index (χ3n) is 8.49. The molecule has 0 unspecified atom stereocenters. The summed E-state index contributed by atoms with van der Waals surface area (Å²) < 4.78 is 1.75. The second-order valence-electron chi connectivity index (χ2n) is 10.7. The van der Waals surface area contributed by atoms with Gasteiger partial charge in [-0.2, -0.15) is 5.26 Å². The number of nitrogens with two attached hydrogens (primary N) is 2. The van der Waals surface area contributed by atoms with Crippen LogP contribution in [0, 0.1) is 11.3 Å². The van der Waals surface area contributed by atoms with Crippen LogP contribution >= 0.6 is 0 Å². The van der Waals surface area contributed by atoms with Crippen molar-refractivity contribution >= 4 is 17.7 Å². The van der Waals surface area contributed by atoms with Crippen LogP contribution < -0.4 is 16.8 Å². The second-order valence-corrected chi connectivity index (χ2v) is 10.7. The van der Waals surface area contributed by atoms with Crippen LogP contribution in [0.5, 0.6) is 0 Å². The molecule has 1 fully saturated rings. The summed E-state index contributed by atoms with van der Waals surface area (Å²) in [5.74, 6) is -0.499. The average molecular weight is 540 g/mol. The topological polar surface area (TPSA) is 186 Å². The van der Waals surface area contributed by atoms with Crippen molar-refractivity contribution in [1.82, 2.24) is 30.4 Å². The number of tetrazole rings is 1. The maximum absolute atomic E-state index is 13.1. The molecule has 0 bridgehead atoms. The van der Waals surface area contributed by atoms with E-state index >= 15 is 0 Å². The molecule has 3 heterocycles. The van der Waals surface area contributed by atoms with Gasteiger partial charge in [0.25, 0.3) is 0 Å². The number of benzene rings is 2. The van der Waals surface area contributed by atoms with Gasteiger partial charge >= 0.3 is 0 Å². The van der Waals surface area contributed by atoms with Crippen molar-refractivity contribution in [2.75, 3.05) is 13.1 Å². The zero-order valence-electron chi connectivity index (χ0n) is 21.8. The zero-order valence-corrected chi connectivity index (χ0v) is 21.8. The molecule has 5 N–H and O–H groups in total. The summed E-state index contributed by atoms with van der Waals surface area (Å²) in [5.41, 5.74) is 15.0. The van der Waals surface area contributed by atoms with Crippen LogP contribution in [0.4, 0.5) is 0 Å². The lowest BCUT2D eigenvalue weighted by Gasteiger charge is -2.42. The number of nitrogens with one attached hydrogen (secondary N) is 1. The van der Waals surface area contributed by atoms with Gasteiger partial charge in [-0.1, -0.05) is 12.1 Å². The first-order chi connectivity index (χ1) is 19.3. The summed E-state index contributed by atoms with van der Waals surface area (Å²) in [5, 5.41) is 25.6. The molecule has 1 aliphatic carbocycles. The number of rotatable bonds is 5. The Balaban J connectivity index is 1.45. The highest BCUT2D eigenvalue weighted by Gasteiger charge is 2.49. The van der Waals surface area contributed by atoms with Crippen LogP contribution in [0.2, 0.25) is 0 Å². The van der Waals surface area contributed by atoms with Crippen molar-refractivity contribution in [3.05, 3.63) is 75.6 Å². The lowest BCUT2D eigenvalue weighted by molar-refractivity contribution is -0.130. The SMILES string of the molecule is N#C[C@@H]1CCCN1C(=O)CN[C@@H]1Cn2nnnc2C2(C1)c1ccc(C(N)=O)cc1CCc1cc(C(N)=O)ccc12. The van der Waals surface area contributed by atoms with Gasteiger partial charge in [0.15, 0.2) is 5.82 Å². The fraction of sp³-hybridized carbons (Fsp3) is 0.393. The largest absolute Gasteiger partial charge is 0.366 e. The molecule has 0 radical (unpaired) electrons. The molecule has 3 aliphatic rings. The normalized spacial score (nSPS) is 20.6. The number of fused-ring (bicyclic) bond motifs is 6. The number of carbonyl (C=O) groups excluding carboxylic acids is 3. The van der Waals surface area contributed by atoms with E-state index in [4.69, 9.17) is 11.5 Å². The third kappa shape index (κ3) is 4.10. The van der Waals surface area contributed by atoms with Crippen LogP contribution in [-0.2, 0) is 29.6 Å². The second kappa shape index (κ2) is 9.84. The highest BCUT2D eigenvalue weighted by molar-refractivity contribution is 5.94. The van der Waals surface area contributed by atoms with Gasteiger partial charge in [0, 0.05) is 23.7 Å². The minimum absolute atomic E-state index is 0.0807. The number of carbonyl (C=O) groups is 3. The molecule has 2 aliphatic heterocycles. The van der Waals surface area contributed by atoms with E-state index in [-0.39, 0.29) is 18.5 Å². The number of nitrogens with zero attached hydrogens (tertiary/aromatic N) is 6. The standard InChI is InChI=1S/C28H29N9O3/c29-13-21-2-1-9-36(21)24(38)14-32-20-12-28(27-33-34-35-37(27)15-20)22-7-5-18(25(30)39)10-16(22)3-4-17-11-19(26(31)40)6-8-23(17)28/h5-8,10-11,20-21,32H,1-4,9,12,14-15H2,(H2,30,39)(H2,31,40)/t20-,21-/m0/s1. The number of primary amides is 2. The number of amides is 3. The molecule has 40 heavy (non-hydrogen) atoms. The van der Waals surface area contributed by atoms with Crippen molar-refractivity contribution in [1.29, 1.82) is 5.26 Å². The van der Waals surface area contributed by atoms with Gasteiger partial charge < -0.3 is 21.7 Å². The van der Waals surface area contributed by atoms with Crippen LogP contribution in [0.15, 0.2) is 36.4 Å². The van der Waals surface area contributed by atoms with E-state index in [9.17, 15) is 19.6 Å². The number of hydrogen-bond donors (Lipinski definition) is 3.